The van der Waals surface area contributed by atoms with Crippen LogP contribution in [0.15, 0.2) is 0 Å². The molecule has 14 heavy (non-hydrogen) atoms. The molecule has 0 spiro atoms. The van der Waals surface area contributed by atoms with Gasteiger partial charge in [-0.3, -0.25) is 4.90 Å². The van der Waals surface area contributed by atoms with Crippen molar-refractivity contribution in [2.24, 2.45) is 0 Å². The van der Waals surface area contributed by atoms with E-state index in [0.717, 1.165) is 39.0 Å². The van der Waals surface area contributed by atoms with E-state index >= 15 is 0 Å². The highest BCUT2D eigenvalue weighted by atomic mass is 16.5. The number of aliphatic hydroxyl groups is 1. The zero-order chi connectivity index (χ0) is 10.2. The van der Waals surface area contributed by atoms with Crippen molar-refractivity contribution < 1.29 is 9.84 Å². The Balaban J connectivity index is 2.00. The van der Waals surface area contributed by atoms with E-state index in [9.17, 15) is 5.11 Å². The predicted octanol–water partition coefficient (Wildman–Crippen LogP) is 1.01. The minimum Gasteiger partial charge on any atom is -0.389 e. The van der Waals surface area contributed by atoms with Gasteiger partial charge in [0.15, 0.2) is 0 Å². The lowest BCUT2D eigenvalue weighted by Gasteiger charge is -2.40. The summed E-state index contributed by atoms with van der Waals surface area (Å²) in [6, 6.07) is 0.355. The van der Waals surface area contributed by atoms with Crippen LogP contribution in [-0.2, 0) is 4.74 Å². The maximum absolute atomic E-state index is 10.2. The molecule has 1 N–H and O–H groups in total. The van der Waals surface area contributed by atoms with Gasteiger partial charge >= 0.3 is 0 Å². The second-order valence-electron chi connectivity index (χ2n) is 4.94. The van der Waals surface area contributed by atoms with Crippen molar-refractivity contribution in [2.75, 3.05) is 19.7 Å². The average Bonchev–Trinajstić information content (AvgIpc) is 2.45. The van der Waals surface area contributed by atoms with E-state index in [2.05, 4.69) is 11.8 Å². The maximum atomic E-state index is 10.2. The normalized spacial score (nSPS) is 45.6. The zero-order valence-corrected chi connectivity index (χ0v) is 9.20. The molecule has 3 atom stereocenters. The number of hydrogen-bond donors (Lipinski definition) is 1. The van der Waals surface area contributed by atoms with E-state index in [1.54, 1.807) is 0 Å². The summed E-state index contributed by atoms with van der Waals surface area (Å²) in [4.78, 5) is 2.40. The molecule has 1 saturated carbocycles. The topological polar surface area (TPSA) is 32.7 Å². The highest BCUT2D eigenvalue weighted by Crippen LogP contribution is 2.34. The molecule has 3 unspecified atom stereocenters. The molecule has 1 saturated heterocycles. The highest BCUT2D eigenvalue weighted by Gasteiger charge is 2.41. The van der Waals surface area contributed by atoms with Gasteiger partial charge in [0.1, 0.15) is 0 Å². The Morgan fingerprint density at radius 2 is 2.29 bits per heavy atom. The van der Waals surface area contributed by atoms with Gasteiger partial charge in [-0.15, -0.1) is 0 Å². The third-order valence-electron chi connectivity index (χ3n) is 3.59. The minimum atomic E-state index is -0.475. The van der Waals surface area contributed by atoms with Crippen molar-refractivity contribution in [2.45, 2.75) is 50.9 Å². The molecule has 1 aliphatic heterocycles. The second-order valence-corrected chi connectivity index (χ2v) is 4.94. The van der Waals surface area contributed by atoms with Gasteiger partial charge in [0.2, 0.25) is 0 Å². The summed E-state index contributed by atoms with van der Waals surface area (Å²) < 4.78 is 5.51. The quantitative estimate of drug-likeness (QED) is 0.684. The van der Waals surface area contributed by atoms with Gasteiger partial charge in [-0.25, -0.2) is 0 Å². The van der Waals surface area contributed by atoms with E-state index in [1.165, 1.54) is 0 Å². The Hall–Kier alpha value is -0.120. The third-order valence-corrected chi connectivity index (χ3v) is 3.59. The Labute approximate surface area is 86.0 Å². The predicted molar refractivity (Wildman–Crippen MR) is 55.2 cm³/mol. The molecule has 1 aliphatic carbocycles. The molecule has 0 aromatic carbocycles. The zero-order valence-electron chi connectivity index (χ0n) is 9.20. The van der Waals surface area contributed by atoms with Crippen molar-refractivity contribution in [3.05, 3.63) is 0 Å². The lowest BCUT2D eigenvalue weighted by molar-refractivity contribution is -0.0769. The number of nitrogens with zero attached hydrogens (tertiary/aromatic N) is 1. The fourth-order valence-electron chi connectivity index (χ4n) is 2.84. The van der Waals surface area contributed by atoms with Crippen LogP contribution in [0.4, 0.5) is 0 Å². The lowest BCUT2D eigenvalue weighted by Crippen LogP contribution is -2.53. The van der Waals surface area contributed by atoms with Crippen LogP contribution in [0.2, 0.25) is 0 Å². The van der Waals surface area contributed by atoms with Crippen molar-refractivity contribution in [1.29, 1.82) is 0 Å². The van der Waals surface area contributed by atoms with E-state index in [-0.39, 0.29) is 0 Å². The van der Waals surface area contributed by atoms with E-state index in [0.29, 0.717) is 12.1 Å². The van der Waals surface area contributed by atoms with E-state index < -0.39 is 5.60 Å². The van der Waals surface area contributed by atoms with Crippen LogP contribution < -0.4 is 0 Å². The summed E-state index contributed by atoms with van der Waals surface area (Å²) in [5, 5.41) is 10.2. The standard InChI is InChI=1S/C11H21NO2/c1-9-8-12(6-7-14-9)10-4-3-5-11(10,2)13/h9-10,13H,3-8H2,1-2H3. The molecule has 82 valence electrons. The van der Waals surface area contributed by atoms with Gasteiger partial charge < -0.3 is 9.84 Å². The first kappa shape index (κ1) is 10.4. The molecular formula is C11H21NO2. The molecule has 0 aromatic rings. The van der Waals surface area contributed by atoms with Gasteiger partial charge in [0.25, 0.3) is 0 Å². The van der Waals surface area contributed by atoms with Crippen LogP contribution in [0.5, 0.6) is 0 Å². The van der Waals surface area contributed by atoms with Gasteiger partial charge in [0.05, 0.1) is 18.3 Å². The summed E-state index contributed by atoms with van der Waals surface area (Å²) in [7, 11) is 0. The molecule has 1 heterocycles. The maximum Gasteiger partial charge on any atom is 0.0774 e. The average molecular weight is 199 g/mol. The number of hydrogen-bond acceptors (Lipinski definition) is 3. The minimum absolute atomic E-state index is 0.320. The summed E-state index contributed by atoms with van der Waals surface area (Å²) in [5.41, 5.74) is -0.475. The fraction of sp³-hybridized carbons (Fsp3) is 1.00. The van der Waals surface area contributed by atoms with Crippen molar-refractivity contribution in [3.8, 4) is 0 Å². The molecule has 2 aliphatic rings. The van der Waals surface area contributed by atoms with Crippen LogP contribution in [0.1, 0.15) is 33.1 Å². The van der Waals surface area contributed by atoms with Crippen molar-refractivity contribution in [1.82, 2.24) is 4.90 Å². The lowest BCUT2D eigenvalue weighted by atomic mass is 9.98. The summed E-state index contributed by atoms with van der Waals surface area (Å²) in [5.74, 6) is 0. The number of morpholine rings is 1. The third kappa shape index (κ3) is 1.95. The Morgan fingerprint density at radius 3 is 2.86 bits per heavy atom. The van der Waals surface area contributed by atoms with Gasteiger partial charge in [-0.05, 0) is 33.1 Å². The molecule has 0 amide bonds. The first-order valence-corrected chi connectivity index (χ1v) is 5.67. The van der Waals surface area contributed by atoms with E-state index in [4.69, 9.17) is 4.74 Å². The molecule has 3 heteroatoms. The van der Waals surface area contributed by atoms with Crippen molar-refractivity contribution in [3.63, 3.8) is 0 Å². The van der Waals surface area contributed by atoms with Crippen LogP contribution >= 0.6 is 0 Å². The molecule has 2 rings (SSSR count). The Bertz CT molecular complexity index is 205. The number of ether oxygens (including phenoxy) is 1. The summed E-state index contributed by atoms with van der Waals surface area (Å²) >= 11 is 0. The molecule has 0 radical (unpaired) electrons. The Morgan fingerprint density at radius 1 is 1.50 bits per heavy atom. The van der Waals surface area contributed by atoms with Gasteiger partial charge in [-0.2, -0.15) is 0 Å². The first-order valence-electron chi connectivity index (χ1n) is 5.67. The molecule has 2 fully saturated rings. The van der Waals surface area contributed by atoms with Crippen LogP contribution in [-0.4, -0.2) is 47.4 Å². The van der Waals surface area contributed by atoms with Crippen LogP contribution in [0.3, 0.4) is 0 Å². The molecular weight excluding hydrogens is 178 g/mol. The van der Waals surface area contributed by atoms with E-state index in [1.807, 2.05) is 6.92 Å². The Kier molecular flexibility index (Phi) is 2.82. The summed E-state index contributed by atoms with van der Waals surface area (Å²) in [6.07, 6.45) is 3.56. The van der Waals surface area contributed by atoms with Crippen LogP contribution in [0.25, 0.3) is 0 Å². The fourth-order valence-corrected chi connectivity index (χ4v) is 2.84. The highest BCUT2D eigenvalue weighted by molar-refractivity contribution is 4.96. The second kappa shape index (κ2) is 3.80. The molecule has 3 nitrogen and oxygen atoms in total. The largest absolute Gasteiger partial charge is 0.389 e. The van der Waals surface area contributed by atoms with Gasteiger partial charge in [0, 0.05) is 19.1 Å². The monoisotopic (exact) mass is 199 g/mol. The van der Waals surface area contributed by atoms with Gasteiger partial charge in [-0.1, -0.05) is 0 Å². The SMILES string of the molecule is CC1CN(C2CCCC2(C)O)CCO1. The van der Waals surface area contributed by atoms with Crippen LogP contribution in [0, 0.1) is 0 Å². The molecule has 0 aromatic heterocycles. The van der Waals surface area contributed by atoms with Crippen molar-refractivity contribution >= 4 is 0 Å². The summed E-state index contributed by atoms with van der Waals surface area (Å²) in [6.45, 7) is 6.85. The first-order chi connectivity index (χ1) is 6.59. The molecule has 0 bridgehead atoms. The number of rotatable bonds is 1. The smallest absolute Gasteiger partial charge is 0.0774 e.